The lowest BCUT2D eigenvalue weighted by Crippen LogP contribution is -2.41. The molecule has 12 heteroatoms. The molecule has 4 heterocycles. The van der Waals surface area contributed by atoms with Crippen LogP contribution in [0.3, 0.4) is 0 Å². The zero-order valence-corrected chi connectivity index (χ0v) is 27.7. The highest BCUT2D eigenvalue weighted by molar-refractivity contribution is 5.97. The molecule has 3 aliphatic rings. The van der Waals surface area contributed by atoms with Crippen molar-refractivity contribution in [3.8, 4) is 17.2 Å². The van der Waals surface area contributed by atoms with Crippen molar-refractivity contribution in [3.05, 3.63) is 65.6 Å². The van der Waals surface area contributed by atoms with Gasteiger partial charge in [0, 0.05) is 62.7 Å². The van der Waals surface area contributed by atoms with Crippen molar-refractivity contribution in [2.24, 2.45) is 0 Å². The quantitative estimate of drug-likeness (QED) is 0.284. The molecule has 47 heavy (non-hydrogen) atoms. The van der Waals surface area contributed by atoms with Gasteiger partial charge in [0.15, 0.2) is 11.6 Å². The smallest absolute Gasteiger partial charge is 0.410 e. The summed E-state index contributed by atoms with van der Waals surface area (Å²) in [6, 6.07) is 6.04. The fourth-order valence-corrected chi connectivity index (χ4v) is 6.18. The predicted molar refractivity (Wildman–Crippen MR) is 173 cm³/mol. The SMILES string of the molecule is CC(C)N(C(=O)c1cc(F)ccc1Oc1cncnc1N1CCC(Oc2ccnc3c2CN(C(=O)OC(C)(C)C)CC3)CC1)C1CC1. The van der Waals surface area contributed by atoms with Crippen LogP contribution in [0.1, 0.15) is 81.9 Å². The van der Waals surface area contributed by atoms with Gasteiger partial charge in [-0.15, -0.1) is 0 Å². The molecule has 1 aliphatic carbocycles. The van der Waals surface area contributed by atoms with Crippen molar-refractivity contribution in [3.63, 3.8) is 0 Å². The van der Waals surface area contributed by atoms with Crippen molar-refractivity contribution < 1.29 is 28.2 Å². The van der Waals surface area contributed by atoms with Gasteiger partial charge in [0.25, 0.3) is 5.91 Å². The highest BCUT2D eigenvalue weighted by atomic mass is 19.1. The van der Waals surface area contributed by atoms with Gasteiger partial charge in [-0.05, 0) is 71.7 Å². The lowest BCUT2D eigenvalue weighted by atomic mass is 10.0. The maximum atomic E-state index is 14.4. The van der Waals surface area contributed by atoms with Gasteiger partial charge in [-0.3, -0.25) is 9.78 Å². The Kier molecular flexibility index (Phi) is 9.20. The Morgan fingerprint density at radius 1 is 1.00 bits per heavy atom. The first kappa shape index (κ1) is 32.5. The first-order valence-corrected chi connectivity index (χ1v) is 16.4. The molecule has 0 radical (unpaired) electrons. The number of aromatic nitrogens is 3. The summed E-state index contributed by atoms with van der Waals surface area (Å²) >= 11 is 0. The molecule has 2 amide bonds. The van der Waals surface area contributed by atoms with E-state index in [2.05, 4.69) is 19.9 Å². The molecule has 11 nitrogen and oxygen atoms in total. The van der Waals surface area contributed by atoms with Crippen molar-refractivity contribution in [1.82, 2.24) is 24.8 Å². The van der Waals surface area contributed by atoms with Crippen molar-refractivity contribution in [1.29, 1.82) is 0 Å². The van der Waals surface area contributed by atoms with Crippen LogP contribution in [0, 0.1) is 5.82 Å². The van der Waals surface area contributed by atoms with E-state index in [0.717, 1.165) is 42.7 Å². The minimum Gasteiger partial charge on any atom is -0.490 e. The molecule has 0 spiro atoms. The van der Waals surface area contributed by atoms with Gasteiger partial charge in [0.1, 0.15) is 35.3 Å². The van der Waals surface area contributed by atoms with Gasteiger partial charge in [0.05, 0.1) is 24.0 Å². The number of hydrogen-bond acceptors (Lipinski definition) is 9. The van der Waals surface area contributed by atoms with Gasteiger partial charge in [-0.2, -0.15) is 0 Å². The minimum absolute atomic E-state index is 0.0215. The molecule has 0 atom stereocenters. The summed E-state index contributed by atoms with van der Waals surface area (Å²) in [6.45, 7) is 11.7. The number of ether oxygens (including phenoxy) is 3. The average molecular weight is 647 g/mol. The molecule has 2 fully saturated rings. The number of carbonyl (C=O) groups is 2. The lowest BCUT2D eigenvalue weighted by molar-refractivity contribution is 0.0219. The first-order chi connectivity index (χ1) is 22.5. The zero-order valence-electron chi connectivity index (χ0n) is 27.7. The number of halogens is 1. The van der Waals surface area contributed by atoms with Crippen LogP contribution in [-0.4, -0.2) is 80.2 Å². The Bertz CT molecular complexity index is 1610. The van der Waals surface area contributed by atoms with E-state index in [1.54, 1.807) is 17.3 Å². The van der Waals surface area contributed by atoms with Crippen LogP contribution in [0.4, 0.5) is 15.0 Å². The third-order valence-corrected chi connectivity index (χ3v) is 8.54. The van der Waals surface area contributed by atoms with Crippen molar-refractivity contribution >= 4 is 17.8 Å². The molecule has 3 aromatic rings. The number of amides is 2. The zero-order chi connectivity index (χ0) is 33.3. The van der Waals surface area contributed by atoms with E-state index >= 15 is 0 Å². The van der Waals surface area contributed by atoms with Gasteiger partial charge >= 0.3 is 6.09 Å². The number of piperidine rings is 1. The summed E-state index contributed by atoms with van der Waals surface area (Å²) in [5, 5.41) is 0. The van der Waals surface area contributed by atoms with Gasteiger partial charge in [-0.25, -0.2) is 19.2 Å². The molecule has 2 aromatic heterocycles. The third kappa shape index (κ3) is 7.58. The van der Waals surface area contributed by atoms with Crippen molar-refractivity contribution in [2.75, 3.05) is 24.5 Å². The third-order valence-electron chi connectivity index (χ3n) is 8.54. The van der Waals surface area contributed by atoms with Crippen molar-refractivity contribution in [2.45, 2.75) is 97.1 Å². The Hall–Kier alpha value is -4.48. The highest BCUT2D eigenvalue weighted by Gasteiger charge is 2.36. The molecule has 1 aromatic carbocycles. The molecule has 2 aliphatic heterocycles. The summed E-state index contributed by atoms with van der Waals surface area (Å²) in [5.74, 6) is 1.24. The maximum Gasteiger partial charge on any atom is 0.410 e. The maximum absolute atomic E-state index is 14.4. The Labute approximate surface area is 275 Å². The number of rotatable bonds is 8. The standard InChI is InChI=1S/C35H43FN6O5/c1-22(2)42(24-7-8-24)33(43)26-18-23(36)6-9-29(26)46-31-19-37-21-39-32(31)40-15-11-25(12-16-40)45-30-10-14-38-28-13-17-41(20-27(28)30)34(44)47-35(3,4)5/h6,9-10,14,18-19,21-22,24-25H,7-8,11-13,15-17,20H2,1-5H3. The number of carbonyl (C=O) groups excluding carboxylic acids is 2. The molecule has 1 saturated heterocycles. The number of nitrogens with zero attached hydrogens (tertiary/aromatic N) is 6. The Balaban J connectivity index is 1.13. The summed E-state index contributed by atoms with van der Waals surface area (Å²) in [5.41, 5.74) is 1.46. The predicted octanol–water partition coefficient (Wildman–Crippen LogP) is 6.16. The second kappa shape index (κ2) is 13.3. The van der Waals surface area contributed by atoms with Crippen LogP contribution >= 0.6 is 0 Å². The topological polar surface area (TPSA) is 110 Å². The monoisotopic (exact) mass is 646 g/mol. The van der Waals surface area contributed by atoms with Gasteiger partial charge in [0.2, 0.25) is 0 Å². The van der Waals surface area contributed by atoms with Gasteiger partial charge in [-0.1, -0.05) is 0 Å². The number of fused-ring (bicyclic) bond motifs is 1. The molecule has 6 rings (SSSR count). The molecular formula is C35H43FN6O5. The van der Waals surface area contributed by atoms with Gasteiger partial charge < -0.3 is 28.9 Å². The van der Waals surface area contributed by atoms with Crippen LogP contribution in [0.25, 0.3) is 0 Å². The fraction of sp³-hybridized carbons (Fsp3) is 0.514. The summed E-state index contributed by atoms with van der Waals surface area (Å²) in [4.78, 5) is 45.2. The van der Waals surface area contributed by atoms with E-state index in [1.807, 2.05) is 45.6 Å². The molecule has 0 N–H and O–H groups in total. The normalized spacial score (nSPS) is 16.9. The molecule has 0 unspecified atom stereocenters. The number of benzene rings is 1. The lowest BCUT2D eigenvalue weighted by Gasteiger charge is -2.35. The molecule has 1 saturated carbocycles. The van der Waals surface area contributed by atoms with Crippen LogP contribution in [0.2, 0.25) is 0 Å². The molecule has 0 bridgehead atoms. The van der Waals surface area contributed by atoms with E-state index in [1.165, 1.54) is 24.5 Å². The average Bonchev–Trinajstić information content (AvgIpc) is 3.87. The van der Waals surface area contributed by atoms with E-state index in [0.29, 0.717) is 44.2 Å². The number of pyridine rings is 1. The highest BCUT2D eigenvalue weighted by Crippen LogP contribution is 2.37. The van der Waals surface area contributed by atoms with E-state index in [-0.39, 0.29) is 41.5 Å². The van der Waals surface area contributed by atoms with Crippen LogP contribution in [0.15, 0.2) is 43.0 Å². The summed E-state index contributed by atoms with van der Waals surface area (Å²) in [7, 11) is 0. The summed E-state index contributed by atoms with van der Waals surface area (Å²) < 4.78 is 32.8. The number of hydrogen-bond donors (Lipinski definition) is 0. The Morgan fingerprint density at radius 3 is 2.47 bits per heavy atom. The summed E-state index contributed by atoms with van der Waals surface area (Å²) in [6.07, 6.45) is 8.38. The Morgan fingerprint density at radius 2 is 1.77 bits per heavy atom. The minimum atomic E-state index is -0.572. The molecule has 250 valence electrons. The van der Waals surface area contributed by atoms with Crippen LogP contribution in [-0.2, 0) is 17.7 Å². The molecular weight excluding hydrogens is 603 g/mol. The van der Waals surface area contributed by atoms with Crippen LogP contribution < -0.4 is 14.4 Å². The van der Waals surface area contributed by atoms with Crippen LogP contribution in [0.5, 0.6) is 17.2 Å². The second-order valence-corrected chi connectivity index (χ2v) is 13.7. The van der Waals surface area contributed by atoms with E-state index < -0.39 is 11.4 Å². The first-order valence-electron chi connectivity index (χ1n) is 16.4. The number of anilines is 1. The van der Waals surface area contributed by atoms with E-state index in [4.69, 9.17) is 14.2 Å². The van der Waals surface area contributed by atoms with E-state index in [9.17, 15) is 14.0 Å². The second-order valence-electron chi connectivity index (χ2n) is 13.7. The largest absolute Gasteiger partial charge is 0.490 e. The fourth-order valence-electron chi connectivity index (χ4n) is 6.18.